The van der Waals surface area contributed by atoms with Crippen LogP contribution in [0.3, 0.4) is 0 Å². The Labute approximate surface area is 182 Å². The van der Waals surface area contributed by atoms with Gasteiger partial charge >= 0.3 is 5.97 Å². The lowest BCUT2D eigenvalue weighted by Crippen LogP contribution is -2.25. The van der Waals surface area contributed by atoms with Crippen LogP contribution in [0, 0.1) is 24.2 Å². The van der Waals surface area contributed by atoms with E-state index in [0.29, 0.717) is 38.3 Å². The Morgan fingerprint density at radius 2 is 2.07 bits per heavy atom. The van der Waals surface area contributed by atoms with Crippen molar-refractivity contribution >= 4 is 11.8 Å². The SMILES string of the molecule is C#CC(O)(CC=C[C@H]1CCC(=O)[C@@H]1CCCCOCC(=O)OCC)CCCCCC. The molecule has 1 unspecified atom stereocenters. The van der Waals surface area contributed by atoms with E-state index in [1.807, 2.05) is 6.08 Å². The van der Waals surface area contributed by atoms with Crippen molar-refractivity contribution in [1.29, 1.82) is 0 Å². The molecule has 1 aliphatic carbocycles. The zero-order valence-electron chi connectivity index (χ0n) is 18.9. The van der Waals surface area contributed by atoms with Crippen LogP contribution < -0.4 is 0 Å². The fraction of sp³-hybridized carbons (Fsp3) is 0.760. The van der Waals surface area contributed by atoms with Crippen LogP contribution in [0.4, 0.5) is 0 Å². The molecule has 0 aromatic heterocycles. The second-order valence-electron chi connectivity index (χ2n) is 8.25. The first-order chi connectivity index (χ1) is 14.5. The number of allylic oxidation sites excluding steroid dienone is 1. The number of esters is 1. The van der Waals surface area contributed by atoms with Crippen molar-refractivity contribution in [2.45, 2.75) is 90.1 Å². The predicted molar refractivity (Wildman–Crippen MR) is 119 cm³/mol. The summed E-state index contributed by atoms with van der Waals surface area (Å²) in [7, 11) is 0. The molecule has 3 atom stereocenters. The third-order valence-electron chi connectivity index (χ3n) is 5.78. The van der Waals surface area contributed by atoms with Gasteiger partial charge in [0, 0.05) is 25.4 Å². The Bertz CT molecular complexity index is 577. The minimum absolute atomic E-state index is 0.0158. The molecule has 0 aliphatic heterocycles. The Morgan fingerprint density at radius 1 is 1.27 bits per heavy atom. The summed E-state index contributed by atoms with van der Waals surface area (Å²) in [5, 5.41) is 10.6. The van der Waals surface area contributed by atoms with E-state index in [2.05, 4.69) is 18.9 Å². The van der Waals surface area contributed by atoms with Crippen LogP contribution in [-0.2, 0) is 19.1 Å². The molecule has 5 nitrogen and oxygen atoms in total. The first-order valence-corrected chi connectivity index (χ1v) is 11.6. The third-order valence-corrected chi connectivity index (χ3v) is 5.78. The first-order valence-electron chi connectivity index (χ1n) is 11.6. The van der Waals surface area contributed by atoms with E-state index in [1.165, 1.54) is 0 Å². The van der Waals surface area contributed by atoms with E-state index in [9.17, 15) is 14.7 Å². The molecule has 0 amide bonds. The minimum Gasteiger partial charge on any atom is -0.464 e. The van der Waals surface area contributed by atoms with Gasteiger partial charge in [0.25, 0.3) is 0 Å². The molecule has 1 fully saturated rings. The van der Waals surface area contributed by atoms with Crippen LogP contribution >= 0.6 is 0 Å². The maximum atomic E-state index is 12.3. The van der Waals surface area contributed by atoms with Gasteiger partial charge in [-0.25, -0.2) is 4.79 Å². The van der Waals surface area contributed by atoms with Crippen LogP contribution in [0.5, 0.6) is 0 Å². The lowest BCUT2D eigenvalue weighted by molar-refractivity contribution is -0.148. The fourth-order valence-electron chi connectivity index (χ4n) is 3.98. The van der Waals surface area contributed by atoms with Crippen molar-refractivity contribution in [3.05, 3.63) is 12.2 Å². The molecular formula is C25H40O5. The first kappa shape index (κ1) is 26.4. The van der Waals surface area contributed by atoms with E-state index in [0.717, 1.165) is 51.4 Å². The van der Waals surface area contributed by atoms with Crippen molar-refractivity contribution in [1.82, 2.24) is 0 Å². The highest BCUT2D eigenvalue weighted by atomic mass is 16.6. The van der Waals surface area contributed by atoms with E-state index < -0.39 is 5.60 Å². The monoisotopic (exact) mass is 420 g/mol. The fourth-order valence-corrected chi connectivity index (χ4v) is 3.98. The smallest absolute Gasteiger partial charge is 0.332 e. The van der Waals surface area contributed by atoms with E-state index in [1.54, 1.807) is 6.92 Å². The van der Waals surface area contributed by atoms with Crippen molar-refractivity contribution in [2.75, 3.05) is 19.8 Å². The second-order valence-corrected chi connectivity index (χ2v) is 8.25. The Hall–Kier alpha value is -1.64. The highest BCUT2D eigenvalue weighted by molar-refractivity contribution is 5.83. The molecule has 0 bridgehead atoms. The topological polar surface area (TPSA) is 72.8 Å². The summed E-state index contributed by atoms with van der Waals surface area (Å²) in [6.45, 7) is 4.76. The van der Waals surface area contributed by atoms with Gasteiger partial charge in [-0.1, -0.05) is 50.7 Å². The molecule has 0 radical (unpaired) electrons. The number of carbonyl (C=O) groups is 2. The zero-order valence-corrected chi connectivity index (χ0v) is 18.9. The molecule has 0 spiro atoms. The summed E-state index contributed by atoms with van der Waals surface area (Å²) in [5.74, 6) is 2.80. The average Bonchev–Trinajstić information content (AvgIpc) is 3.08. The van der Waals surface area contributed by atoms with Crippen LogP contribution in [0.25, 0.3) is 0 Å². The summed E-state index contributed by atoms with van der Waals surface area (Å²) >= 11 is 0. The zero-order chi connectivity index (χ0) is 22.2. The number of hydrogen-bond donors (Lipinski definition) is 1. The van der Waals surface area contributed by atoms with Crippen LogP contribution in [0.1, 0.15) is 84.5 Å². The van der Waals surface area contributed by atoms with Gasteiger partial charge in [-0.05, 0) is 44.9 Å². The third kappa shape index (κ3) is 10.4. The molecule has 30 heavy (non-hydrogen) atoms. The van der Waals surface area contributed by atoms with Crippen molar-refractivity contribution in [3.8, 4) is 12.3 Å². The van der Waals surface area contributed by atoms with Gasteiger partial charge in [0.15, 0.2) is 0 Å². The molecule has 0 aromatic rings. The standard InChI is InChI=1S/C25H40O5/c1-4-7-8-10-17-25(28,5-2)18-12-13-21-15-16-23(26)22(21)14-9-11-19-29-20-24(27)30-6-3/h2,12-13,21-22,28H,4,6-11,14-20H2,1,3H3/t21-,22+,25?/m0/s1. The number of carbonyl (C=O) groups excluding carboxylic acids is 2. The normalized spacial score (nSPS) is 20.9. The second kappa shape index (κ2) is 15.2. The van der Waals surface area contributed by atoms with Crippen LogP contribution in [0.2, 0.25) is 0 Å². The molecule has 1 saturated carbocycles. The van der Waals surface area contributed by atoms with Gasteiger partial charge in [0.05, 0.1) is 6.61 Å². The highest BCUT2D eigenvalue weighted by Gasteiger charge is 2.32. The summed E-state index contributed by atoms with van der Waals surface area (Å²) in [5.41, 5.74) is -1.08. The Balaban J connectivity index is 2.35. The largest absolute Gasteiger partial charge is 0.464 e. The summed E-state index contributed by atoms with van der Waals surface area (Å²) < 4.78 is 10.1. The molecule has 1 N–H and O–H groups in total. The Kier molecular flexibility index (Phi) is 13.4. The number of terminal acetylenes is 1. The number of ether oxygens (including phenoxy) is 2. The summed E-state index contributed by atoms with van der Waals surface area (Å²) in [6, 6.07) is 0. The molecule has 0 saturated heterocycles. The average molecular weight is 421 g/mol. The van der Waals surface area contributed by atoms with Crippen molar-refractivity contribution in [3.63, 3.8) is 0 Å². The maximum Gasteiger partial charge on any atom is 0.332 e. The predicted octanol–water partition coefficient (Wildman–Crippen LogP) is 4.61. The molecular weight excluding hydrogens is 380 g/mol. The lowest BCUT2D eigenvalue weighted by atomic mass is 9.88. The molecule has 0 aromatic carbocycles. The van der Waals surface area contributed by atoms with Gasteiger partial charge in [-0.2, -0.15) is 0 Å². The van der Waals surface area contributed by atoms with E-state index in [-0.39, 0.29) is 24.4 Å². The summed E-state index contributed by atoms with van der Waals surface area (Å²) in [4.78, 5) is 23.5. The quantitative estimate of drug-likeness (QED) is 0.171. The van der Waals surface area contributed by atoms with Gasteiger partial charge in [-0.3, -0.25) is 4.79 Å². The molecule has 5 heteroatoms. The van der Waals surface area contributed by atoms with Gasteiger partial charge < -0.3 is 14.6 Å². The van der Waals surface area contributed by atoms with Crippen LogP contribution in [-0.4, -0.2) is 42.3 Å². The molecule has 1 rings (SSSR count). The van der Waals surface area contributed by atoms with Crippen LogP contribution in [0.15, 0.2) is 12.2 Å². The van der Waals surface area contributed by atoms with E-state index in [4.69, 9.17) is 15.9 Å². The van der Waals surface area contributed by atoms with Crippen molar-refractivity contribution < 1.29 is 24.2 Å². The Morgan fingerprint density at radius 3 is 2.77 bits per heavy atom. The number of ketones is 1. The van der Waals surface area contributed by atoms with Crippen molar-refractivity contribution in [2.24, 2.45) is 11.8 Å². The molecule has 1 aliphatic rings. The number of aliphatic hydroxyl groups is 1. The maximum absolute atomic E-state index is 12.3. The van der Waals surface area contributed by atoms with Gasteiger partial charge in [0.1, 0.15) is 18.0 Å². The number of hydrogen-bond acceptors (Lipinski definition) is 5. The summed E-state index contributed by atoms with van der Waals surface area (Å²) in [6.07, 6.45) is 19.0. The number of Topliss-reactive ketones (excluding diaryl/α,β-unsaturated/α-hetero) is 1. The minimum atomic E-state index is -1.08. The number of rotatable bonds is 16. The number of unbranched alkanes of at least 4 members (excludes halogenated alkanes) is 4. The lowest BCUT2D eigenvalue weighted by Gasteiger charge is -2.21. The van der Waals surface area contributed by atoms with Gasteiger partial charge in [0.2, 0.25) is 0 Å². The molecule has 170 valence electrons. The molecule has 0 heterocycles. The van der Waals surface area contributed by atoms with E-state index >= 15 is 0 Å². The van der Waals surface area contributed by atoms with Gasteiger partial charge in [-0.15, -0.1) is 6.42 Å². The highest BCUT2D eigenvalue weighted by Crippen LogP contribution is 2.34.